The zero-order valence-corrected chi connectivity index (χ0v) is 9.12. The first-order valence-corrected chi connectivity index (χ1v) is 4.90. The van der Waals surface area contributed by atoms with Crippen molar-refractivity contribution in [2.75, 3.05) is 13.1 Å². The molecule has 0 aliphatic heterocycles. The average Bonchev–Trinajstić information content (AvgIpc) is 2.00. The van der Waals surface area contributed by atoms with Crippen LogP contribution in [0.1, 0.15) is 13.3 Å². The molecule has 76 valence electrons. The first-order valence-electron chi connectivity index (χ1n) is 3.97. The van der Waals surface area contributed by atoms with Crippen LogP contribution in [-0.2, 0) is 4.79 Å². The monoisotopic (exact) mass is 222 g/mol. The lowest BCUT2D eigenvalue weighted by Crippen LogP contribution is -2.38. The van der Waals surface area contributed by atoms with Gasteiger partial charge in [0.05, 0.1) is 6.42 Å². The Hall–Kier alpha value is -0.490. The molecule has 0 rings (SSSR count). The lowest BCUT2D eigenvalue weighted by atomic mass is 10.3. The number of carbonyl (C=O) groups is 1. The molecule has 0 aromatic carbocycles. The van der Waals surface area contributed by atoms with Gasteiger partial charge < -0.3 is 15.7 Å². The molecule has 0 aliphatic rings. The van der Waals surface area contributed by atoms with Crippen LogP contribution in [-0.4, -0.2) is 34.5 Å². The van der Waals surface area contributed by atoms with Gasteiger partial charge in [-0.1, -0.05) is 0 Å². The van der Waals surface area contributed by atoms with Crippen LogP contribution in [0.3, 0.4) is 0 Å². The van der Waals surface area contributed by atoms with E-state index in [1.54, 1.807) is 0 Å². The Morgan fingerprint density at radius 1 is 1.62 bits per heavy atom. The van der Waals surface area contributed by atoms with Crippen LogP contribution in [0.25, 0.3) is 0 Å². The zero-order valence-electron chi connectivity index (χ0n) is 7.41. The molecule has 13 heavy (non-hydrogen) atoms. The predicted octanol–water partition coefficient (Wildman–Crippen LogP) is 0.244. The van der Waals surface area contributed by atoms with E-state index in [9.17, 15) is 4.79 Å². The SMILES string of the molecule is CCNC(=S)NCC(S)CC(=O)O. The molecule has 0 aliphatic carbocycles. The highest BCUT2D eigenvalue weighted by Crippen LogP contribution is 1.98. The lowest BCUT2D eigenvalue weighted by molar-refractivity contribution is -0.136. The Bertz CT molecular complexity index is 187. The molecule has 1 unspecified atom stereocenters. The van der Waals surface area contributed by atoms with Gasteiger partial charge in [0.25, 0.3) is 0 Å². The molecule has 1 atom stereocenters. The number of hydrogen-bond donors (Lipinski definition) is 4. The highest BCUT2D eigenvalue weighted by atomic mass is 32.1. The summed E-state index contributed by atoms with van der Waals surface area (Å²) in [5.41, 5.74) is 0. The first kappa shape index (κ1) is 12.5. The number of rotatable bonds is 5. The van der Waals surface area contributed by atoms with E-state index in [0.717, 1.165) is 6.54 Å². The van der Waals surface area contributed by atoms with Crippen molar-refractivity contribution in [2.24, 2.45) is 0 Å². The molecule has 0 aromatic heterocycles. The fourth-order valence-corrected chi connectivity index (χ4v) is 1.18. The van der Waals surface area contributed by atoms with Crippen molar-refractivity contribution in [3.8, 4) is 0 Å². The van der Waals surface area contributed by atoms with Gasteiger partial charge in [-0.3, -0.25) is 4.79 Å². The predicted molar refractivity (Wildman–Crippen MR) is 59.3 cm³/mol. The Morgan fingerprint density at radius 2 is 2.23 bits per heavy atom. The second kappa shape index (κ2) is 6.97. The Labute approximate surface area is 88.5 Å². The highest BCUT2D eigenvalue weighted by Gasteiger charge is 2.08. The van der Waals surface area contributed by atoms with Crippen molar-refractivity contribution in [3.05, 3.63) is 0 Å². The molecule has 0 heterocycles. The van der Waals surface area contributed by atoms with Crippen LogP contribution in [0, 0.1) is 0 Å². The molecule has 0 saturated carbocycles. The summed E-state index contributed by atoms with van der Waals surface area (Å²) in [6, 6.07) is 0. The van der Waals surface area contributed by atoms with Crippen LogP contribution in [0.2, 0.25) is 0 Å². The van der Waals surface area contributed by atoms with Crippen molar-refractivity contribution < 1.29 is 9.90 Å². The molecule has 0 spiro atoms. The normalized spacial score (nSPS) is 11.8. The summed E-state index contributed by atoms with van der Waals surface area (Å²) in [5, 5.41) is 14.5. The maximum absolute atomic E-state index is 10.3. The lowest BCUT2D eigenvalue weighted by Gasteiger charge is -2.11. The van der Waals surface area contributed by atoms with Crippen LogP contribution in [0.4, 0.5) is 0 Å². The molecule has 0 saturated heterocycles. The second-order valence-electron chi connectivity index (χ2n) is 2.49. The van der Waals surface area contributed by atoms with E-state index in [2.05, 4.69) is 23.3 Å². The largest absolute Gasteiger partial charge is 0.481 e. The molecule has 3 N–H and O–H groups in total. The second-order valence-corrected chi connectivity index (χ2v) is 3.63. The third-order valence-electron chi connectivity index (χ3n) is 1.25. The number of thiocarbonyl (C=S) groups is 1. The van der Waals surface area contributed by atoms with E-state index in [1.165, 1.54) is 0 Å². The molecule has 0 aromatic rings. The molecular weight excluding hydrogens is 208 g/mol. The number of hydrogen-bond acceptors (Lipinski definition) is 3. The van der Waals surface area contributed by atoms with Crippen LogP contribution >= 0.6 is 24.8 Å². The van der Waals surface area contributed by atoms with Crippen molar-refractivity contribution in [1.29, 1.82) is 0 Å². The summed E-state index contributed by atoms with van der Waals surface area (Å²) in [6.45, 7) is 3.15. The average molecular weight is 222 g/mol. The van der Waals surface area contributed by atoms with E-state index in [-0.39, 0.29) is 11.7 Å². The number of thiol groups is 1. The Balaban J connectivity index is 3.51. The number of nitrogens with one attached hydrogen (secondary N) is 2. The quantitative estimate of drug-likeness (QED) is 0.397. The van der Waals surface area contributed by atoms with Crippen LogP contribution < -0.4 is 10.6 Å². The molecule has 0 radical (unpaired) electrons. The standard InChI is InChI=1S/C7H14N2O2S2/c1-2-8-7(13)9-4-5(12)3-6(10)11/h5,12H,2-4H2,1H3,(H,10,11)(H2,8,9,13). The van der Waals surface area contributed by atoms with Gasteiger partial charge in [-0.05, 0) is 19.1 Å². The van der Waals surface area contributed by atoms with E-state index < -0.39 is 5.97 Å². The Morgan fingerprint density at radius 3 is 2.69 bits per heavy atom. The third-order valence-corrected chi connectivity index (χ3v) is 1.90. The third kappa shape index (κ3) is 7.86. The fourth-order valence-electron chi connectivity index (χ4n) is 0.707. The Kier molecular flexibility index (Phi) is 6.70. The summed E-state index contributed by atoms with van der Waals surface area (Å²) in [7, 11) is 0. The smallest absolute Gasteiger partial charge is 0.304 e. The molecule has 0 amide bonds. The van der Waals surface area contributed by atoms with Crippen molar-refractivity contribution in [3.63, 3.8) is 0 Å². The van der Waals surface area contributed by atoms with E-state index in [1.807, 2.05) is 6.92 Å². The van der Waals surface area contributed by atoms with E-state index in [4.69, 9.17) is 17.3 Å². The topological polar surface area (TPSA) is 61.4 Å². The summed E-state index contributed by atoms with van der Waals surface area (Å²) in [4.78, 5) is 10.3. The molecule has 0 fully saturated rings. The van der Waals surface area contributed by atoms with Gasteiger partial charge in [-0.15, -0.1) is 0 Å². The van der Waals surface area contributed by atoms with E-state index in [0.29, 0.717) is 11.7 Å². The molecule has 4 nitrogen and oxygen atoms in total. The molecule has 0 bridgehead atoms. The van der Waals surface area contributed by atoms with Gasteiger partial charge in [-0.2, -0.15) is 12.6 Å². The van der Waals surface area contributed by atoms with Gasteiger partial charge in [0.2, 0.25) is 0 Å². The van der Waals surface area contributed by atoms with Gasteiger partial charge in [0.1, 0.15) is 0 Å². The number of aliphatic carboxylic acids is 1. The minimum Gasteiger partial charge on any atom is -0.481 e. The van der Waals surface area contributed by atoms with Crippen LogP contribution in [0.15, 0.2) is 0 Å². The minimum atomic E-state index is -0.851. The maximum atomic E-state index is 10.3. The van der Waals surface area contributed by atoms with Gasteiger partial charge in [0, 0.05) is 18.3 Å². The zero-order chi connectivity index (χ0) is 10.3. The van der Waals surface area contributed by atoms with E-state index >= 15 is 0 Å². The molecule has 6 heteroatoms. The van der Waals surface area contributed by atoms with Gasteiger partial charge in [0.15, 0.2) is 5.11 Å². The highest BCUT2D eigenvalue weighted by molar-refractivity contribution is 7.81. The van der Waals surface area contributed by atoms with Crippen molar-refractivity contribution >= 4 is 35.9 Å². The summed E-state index contributed by atoms with van der Waals surface area (Å²) in [6.07, 6.45) is 0.0326. The first-order chi connectivity index (χ1) is 6.06. The summed E-state index contributed by atoms with van der Waals surface area (Å²) < 4.78 is 0. The van der Waals surface area contributed by atoms with Gasteiger partial charge >= 0.3 is 5.97 Å². The maximum Gasteiger partial charge on any atom is 0.304 e. The molecular formula is C7H14N2O2S2. The minimum absolute atomic E-state index is 0.0326. The van der Waals surface area contributed by atoms with Crippen molar-refractivity contribution in [2.45, 2.75) is 18.6 Å². The summed E-state index contributed by atoms with van der Waals surface area (Å²) in [5.74, 6) is -0.851. The van der Waals surface area contributed by atoms with Crippen molar-refractivity contribution in [1.82, 2.24) is 10.6 Å². The fraction of sp³-hybridized carbons (Fsp3) is 0.714. The number of carboxylic acids is 1. The number of carboxylic acid groups (broad SMARTS) is 1. The van der Waals surface area contributed by atoms with Crippen LogP contribution in [0.5, 0.6) is 0 Å². The van der Waals surface area contributed by atoms with Gasteiger partial charge in [-0.25, -0.2) is 0 Å². The summed E-state index contributed by atoms with van der Waals surface area (Å²) >= 11 is 8.96.